The van der Waals surface area contributed by atoms with Gasteiger partial charge in [0, 0.05) is 0 Å². The molecule has 0 saturated heterocycles. The van der Waals surface area contributed by atoms with Crippen molar-refractivity contribution >= 4 is 0 Å². The van der Waals surface area contributed by atoms with Gasteiger partial charge < -0.3 is 0 Å². The van der Waals surface area contributed by atoms with E-state index in [1.54, 1.807) is 0 Å². The van der Waals surface area contributed by atoms with Crippen molar-refractivity contribution in [1.82, 2.24) is 0 Å². The molecular formula is CoFe2Mn. The molecule has 0 aliphatic heterocycles. The zero-order valence-corrected chi connectivity index (χ0v) is 5.85. The van der Waals surface area contributed by atoms with E-state index in [0.717, 1.165) is 0 Å². The summed E-state index contributed by atoms with van der Waals surface area (Å²) in [6.07, 6.45) is 0. The number of hydrogen-bond donors (Lipinski definition) is 0. The molecule has 0 N–H and O–H groups in total. The standard InChI is InChI=1S/Co.2Fe.Mn. The summed E-state index contributed by atoms with van der Waals surface area (Å²) >= 11 is 12.0. The first-order valence-electron chi connectivity index (χ1n) is 0.251. The monoisotopic (exact) mass is 226 g/mol. The van der Waals surface area contributed by atoms with Gasteiger partial charge >= 0.3 is 56.6 Å². The van der Waals surface area contributed by atoms with Gasteiger partial charge in [0.15, 0.2) is 0 Å². The summed E-state index contributed by atoms with van der Waals surface area (Å²) in [7, 11) is 0. The van der Waals surface area contributed by atoms with Gasteiger partial charge in [-0.15, -0.1) is 0 Å². The van der Waals surface area contributed by atoms with E-state index in [0.29, 0.717) is 0 Å². The quantitative estimate of drug-likeness (QED) is 0.509. The average molecular weight is 226 g/mol. The van der Waals surface area contributed by atoms with E-state index < -0.39 is 0 Å². The molecule has 4 heteroatoms. The van der Waals surface area contributed by atoms with E-state index in [-0.39, 0.29) is 0 Å². The minimum atomic E-state index is 2.69. The zero-order valence-electron chi connectivity index (χ0n) is 1.42. The van der Waals surface area contributed by atoms with Crippen LogP contribution >= 0.6 is 0 Å². The first kappa shape index (κ1) is 9.42. The molecule has 0 saturated carbocycles. The normalized spacial score (nSPS) is 3.25. The topological polar surface area (TPSA) is 0 Å². The first-order chi connectivity index (χ1) is 2.00. The van der Waals surface area contributed by atoms with E-state index in [4.69, 9.17) is 0 Å². The molecule has 0 aliphatic carbocycles. The SMILES string of the molecule is [Fe][Co].[Mn][Fe]. The molecule has 32 valence electrons. The van der Waals surface area contributed by atoms with Crippen LogP contribution < -0.4 is 0 Å². The summed E-state index contributed by atoms with van der Waals surface area (Å²) in [6.45, 7) is 0. The van der Waals surface area contributed by atoms with Crippen LogP contribution in [0.5, 0.6) is 0 Å². The van der Waals surface area contributed by atoms with Gasteiger partial charge in [-0.25, -0.2) is 0 Å². The van der Waals surface area contributed by atoms with Crippen LogP contribution in [0.3, 0.4) is 0 Å². The summed E-state index contributed by atoms with van der Waals surface area (Å²) < 4.78 is 0. The predicted octanol–water partition coefficient (Wildman–Crippen LogP) is -0.0100. The average Bonchev–Trinajstić information content (AvgIpc) is 1.50. The van der Waals surface area contributed by atoms with Crippen molar-refractivity contribution in [3.8, 4) is 0 Å². The Balaban J connectivity index is 0. The fourth-order valence-electron chi connectivity index (χ4n) is 0. The molecule has 0 aromatic rings. The summed E-state index contributed by atoms with van der Waals surface area (Å²) in [5.74, 6) is 0. The van der Waals surface area contributed by atoms with Gasteiger partial charge in [0.2, 0.25) is 0 Å². The minimum absolute atomic E-state index is 2.69. The van der Waals surface area contributed by atoms with Crippen molar-refractivity contribution in [3.63, 3.8) is 0 Å². The van der Waals surface area contributed by atoms with Crippen molar-refractivity contribution in [2.45, 2.75) is 0 Å². The van der Waals surface area contributed by atoms with Crippen molar-refractivity contribution in [1.29, 1.82) is 0 Å². The molecule has 0 nitrogen and oxygen atoms in total. The van der Waals surface area contributed by atoms with Crippen LogP contribution in [0.2, 0.25) is 0 Å². The Hall–Kier alpha value is 2.06. The molecule has 0 unspecified atom stereocenters. The third-order valence-electron chi connectivity index (χ3n) is 0. The molecule has 0 amide bonds. The van der Waals surface area contributed by atoms with Crippen LogP contribution in [0.15, 0.2) is 0 Å². The second-order valence-corrected chi connectivity index (χ2v) is 0. The fraction of sp³-hybridized carbons (Fsp3) is 0. The van der Waals surface area contributed by atoms with Crippen molar-refractivity contribution in [3.05, 3.63) is 0 Å². The Morgan fingerprint density at radius 2 is 1.25 bits per heavy atom. The van der Waals surface area contributed by atoms with E-state index in [2.05, 4.69) is 56.6 Å². The van der Waals surface area contributed by atoms with Gasteiger partial charge in [-0.2, -0.15) is 0 Å². The van der Waals surface area contributed by atoms with Crippen LogP contribution in [0.25, 0.3) is 0 Å². The maximum absolute atomic E-state index is 3.31. The van der Waals surface area contributed by atoms with Gasteiger partial charge in [0.05, 0.1) is 0 Å². The fourth-order valence-corrected chi connectivity index (χ4v) is 0. The summed E-state index contributed by atoms with van der Waals surface area (Å²) in [5, 5.41) is 0. The summed E-state index contributed by atoms with van der Waals surface area (Å²) in [6, 6.07) is 0. The Labute approximate surface area is 56.0 Å². The molecule has 0 aromatic heterocycles. The third-order valence-corrected chi connectivity index (χ3v) is 0. The molecule has 0 aromatic carbocycles. The van der Waals surface area contributed by atoms with Crippen LogP contribution in [0.1, 0.15) is 0 Å². The number of rotatable bonds is 0. The third kappa shape index (κ3) is 8.96. The first-order valence-corrected chi connectivity index (χ1v) is 4.28. The molecule has 0 heterocycles. The molecule has 0 rings (SSSR count). The van der Waals surface area contributed by atoms with Gasteiger partial charge in [-0.3, -0.25) is 0 Å². The van der Waals surface area contributed by atoms with E-state index >= 15 is 0 Å². The molecule has 4 heavy (non-hydrogen) atoms. The van der Waals surface area contributed by atoms with E-state index in [1.165, 1.54) is 0 Å². The van der Waals surface area contributed by atoms with Crippen molar-refractivity contribution in [2.24, 2.45) is 0 Å². The van der Waals surface area contributed by atoms with Crippen LogP contribution in [0, 0.1) is 0 Å². The molecule has 0 aliphatic rings. The Kier molecular flexibility index (Phi) is 46.2. The Morgan fingerprint density at radius 1 is 1.25 bits per heavy atom. The Morgan fingerprint density at radius 3 is 1.25 bits per heavy atom. The van der Waals surface area contributed by atoms with Crippen molar-refractivity contribution < 1.29 is 56.6 Å². The second kappa shape index (κ2) is 19.6. The zero-order chi connectivity index (χ0) is 4.00. The maximum atomic E-state index is 3.31. The van der Waals surface area contributed by atoms with Gasteiger partial charge in [-0.1, -0.05) is 0 Å². The Bertz CT molecular complexity index is 6.00. The molecule has 0 bridgehead atoms. The van der Waals surface area contributed by atoms with Crippen molar-refractivity contribution in [2.75, 3.05) is 0 Å². The summed E-state index contributed by atoms with van der Waals surface area (Å²) in [5.41, 5.74) is 0. The summed E-state index contributed by atoms with van der Waals surface area (Å²) in [4.78, 5) is 0. The van der Waals surface area contributed by atoms with E-state index in [1.807, 2.05) is 0 Å². The number of hydrogen-bond acceptors (Lipinski definition) is 0. The molecule has 0 fully saturated rings. The molecular weight excluding hydrogens is 226 g/mol. The van der Waals surface area contributed by atoms with Crippen LogP contribution in [0.4, 0.5) is 0 Å². The molecule has 0 atom stereocenters. The van der Waals surface area contributed by atoms with E-state index in [9.17, 15) is 0 Å². The second-order valence-electron chi connectivity index (χ2n) is 0. The molecule has 0 radical (unpaired) electrons. The van der Waals surface area contributed by atoms with Gasteiger partial charge in [-0.05, 0) is 0 Å². The van der Waals surface area contributed by atoms with Crippen LogP contribution in [-0.4, -0.2) is 0 Å². The van der Waals surface area contributed by atoms with Gasteiger partial charge in [0.1, 0.15) is 0 Å². The van der Waals surface area contributed by atoms with Crippen LogP contribution in [-0.2, 0) is 56.6 Å². The molecule has 0 spiro atoms. The predicted molar refractivity (Wildman–Crippen MR) is 0 cm³/mol. The van der Waals surface area contributed by atoms with Gasteiger partial charge in [0.25, 0.3) is 0 Å².